The van der Waals surface area contributed by atoms with Gasteiger partial charge in [-0.25, -0.2) is 0 Å². The SMILES string of the molecule is CC[C@H]1O[C@H](O)[C@H](N)[C@@H](O)[C@@H]1O. The van der Waals surface area contributed by atoms with E-state index in [-0.39, 0.29) is 0 Å². The van der Waals surface area contributed by atoms with Crippen LogP contribution in [0.2, 0.25) is 0 Å². The van der Waals surface area contributed by atoms with E-state index in [1.165, 1.54) is 0 Å². The van der Waals surface area contributed by atoms with E-state index in [0.717, 1.165) is 0 Å². The molecular formula is C7H15NO4. The van der Waals surface area contributed by atoms with Crippen molar-refractivity contribution in [3.05, 3.63) is 0 Å². The van der Waals surface area contributed by atoms with Crippen molar-refractivity contribution in [2.45, 2.75) is 44.0 Å². The molecule has 1 fully saturated rings. The number of ether oxygens (including phenoxy) is 1. The Morgan fingerprint density at radius 2 is 1.83 bits per heavy atom. The van der Waals surface area contributed by atoms with E-state index in [1.54, 1.807) is 6.92 Å². The lowest BCUT2D eigenvalue weighted by Gasteiger charge is -2.38. The van der Waals surface area contributed by atoms with Gasteiger partial charge >= 0.3 is 0 Å². The normalized spacial score (nSPS) is 49.2. The molecule has 0 unspecified atom stereocenters. The van der Waals surface area contributed by atoms with Crippen LogP contribution in [0.15, 0.2) is 0 Å². The number of aliphatic hydroxyl groups excluding tert-OH is 3. The fourth-order valence-corrected chi connectivity index (χ4v) is 1.30. The van der Waals surface area contributed by atoms with Crippen molar-refractivity contribution in [3.8, 4) is 0 Å². The van der Waals surface area contributed by atoms with Crippen molar-refractivity contribution in [1.29, 1.82) is 0 Å². The third-order valence-corrected chi connectivity index (χ3v) is 2.17. The van der Waals surface area contributed by atoms with Crippen LogP contribution in [0.5, 0.6) is 0 Å². The molecule has 1 saturated heterocycles. The van der Waals surface area contributed by atoms with Crippen molar-refractivity contribution in [3.63, 3.8) is 0 Å². The van der Waals surface area contributed by atoms with E-state index in [0.29, 0.717) is 6.42 Å². The van der Waals surface area contributed by atoms with Crippen molar-refractivity contribution in [1.82, 2.24) is 0 Å². The van der Waals surface area contributed by atoms with Gasteiger partial charge in [0.1, 0.15) is 12.2 Å². The first kappa shape index (κ1) is 9.88. The maximum atomic E-state index is 9.36. The Labute approximate surface area is 70.8 Å². The van der Waals surface area contributed by atoms with Crippen molar-refractivity contribution in [2.24, 2.45) is 5.73 Å². The summed E-state index contributed by atoms with van der Waals surface area (Å²) in [4.78, 5) is 0. The van der Waals surface area contributed by atoms with Crippen LogP contribution >= 0.6 is 0 Å². The first-order valence-corrected chi connectivity index (χ1v) is 4.03. The van der Waals surface area contributed by atoms with Crippen LogP contribution in [0.3, 0.4) is 0 Å². The summed E-state index contributed by atoms with van der Waals surface area (Å²) in [5.41, 5.74) is 5.34. The van der Waals surface area contributed by atoms with E-state index < -0.39 is 30.6 Å². The summed E-state index contributed by atoms with van der Waals surface area (Å²) in [5.74, 6) is 0. The predicted octanol–water partition coefficient (Wildman–Crippen LogP) is -1.84. The summed E-state index contributed by atoms with van der Waals surface area (Å²) in [5, 5.41) is 27.8. The van der Waals surface area contributed by atoms with Crippen LogP contribution in [0.1, 0.15) is 13.3 Å². The fourth-order valence-electron chi connectivity index (χ4n) is 1.30. The minimum Gasteiger partial charge on any atom is -0.388 e. The van der Waals surface area contributed by atoms with Crippen LogP contribution < -0.4 is 5.73 Å². The molecule has 0 bridgehead atoms. The molecule has 0 aromatic heterocycles. The third-order valence-electron chi connectivity index (χ3n) is 2.17. The van der Waals surface area contributed by atoms with Crippen molar-refractivity contribution < 1.29 is 20.1 Å². The summed E-state index contributed by atoms with van der Waals surface area (Å²) < 4.78 is 4.95. The number of aliphatic hydroxyl groups is 3. The minimum atomic E-state index is -1.19. The van der Waals surface area contributed by atoms with Gasteiger partial charge in [-0.15, -0.1) is 0 Å². The van der Waals surface area contributed by atoms with Gasteiger partial charge < -0.3 is 25.8 Å². The van der Waals surface area contributed by atoms with Gasteiger partial charge in [-0.05, 0) is 6.42 Å². The highest BCUT2D eigenvalue weighted by molar-refractivity contribution is 4.90. The van der Waals surface area contributed by atoms with Gasteiger partial charge in [-0.3, -0.25) is 0 Å². The molecular weight excluding hydrogens is 162 g/mol. The standard InChI is InChI=1S/C7H15NO4/c1-2-3-5(9)6(10)4(8)7(11)12-3/h3-7,9-11H,2,8H2,1H3/t3-,4-,5-,6-,7+/m1/s1. The average Bonchev–Trinajstić information content (AvgIpc) is 2.08. The maximum absolute atomic E-state index is 9.36. The Morgan fingerprint density at radius 3 is 2.33 bits per heavy atom. The maximum Gasteiger partial charge on any atom is 0.172 e. The quantitative estimate of drug-likeness (QED) is 0.377. The number of nitrogens with two attached hydrogens (primary N) is 1. The van der Waals surface area contributed by atoms with Gasteiger partial charge in [0, 0.05) is 0 Å². The Morgan fingerprint density at radius 1 is 1.25 bits per heavy atom. The minimum absolute atomic E-state index is 0.530. The van der Waals surface area contributed by atoms with Gasteiger partial charge in [-0.2, -0.15) is 0 Å². The summed E-state index contributed by atoms with van der Waals surface area (Å²) in [6.45, 7) is 1.80. The van der Waals surface area contributed by atoms with Gasteiger partial charge in [0.2, 0.25) is 0 Å². The van der Waals surface area contributed by atoms with Gasteiger partial charge in [0.15, 0.2) is 6.29 Å². The van der Waals surface area contributed by atoms with E-state index in [1.807, 2.05) is 0 Å². The van der Waals surface area contributed by atoms with Crippen LogP contribution in [-0.2, 0) is 4.74 Å². The van der Waals surface area contributed by atoms with E-state index in [4.69, 9.17) is 15.6 Å². The van der Waals surface area contributed by atoms with Crippen molar-refractivity contribution in [2.75, 3.05) is 0 Å². The number of rotatable bonds is 1. The number of hydrogen-bond acceptors (Lipinski definition) is 5. The first-order valence-electron chi connectivity index (χ1n) is 4.03. The molecule has 5 atom stereocenters. The molecule has 0 amide bonds. The van der Waals surface area contributed by atoms with E-state index in [9.17, 15) is 10.2 Å². The largest absolute Gasteiger partial charge is 0.388 e. The summed E-state index contributed by atoms with van der Waals surface area (Å²) in [6.07, 6.45) is -3.31. The Bertz CT molecular complexity index is 150. The number of hydrogen-bond donors (Lipinski definition) is 4. The molecule has 0 aromatic rings. The molecule has 0 saturated carbocycles. The smallest absolute Gasteiger partial charge is 0.172 e. The molecule has 0 aromatic carbocycles. The molecule has 1 aliphatic rings. The highest BCUT2D eigenvalue weighted by atomic mass is 16.6. The lowest BCUT2D eigenvalue weighted by Crippen LogP contribution is -2.60. The second-order valence-corrected chi connectivity index (χ2v) is 3.03. The highest BCUT2D eigenvalue weighted by Crippen LogP contribution is 2.20. The van der Waals surface area contributed by atoms with Gasteiger partial charge in [0.05, 0.1) is 12.1 Å². The summed E-state index contributed by atoms with van der Waals surface area (Å²) >= 11 is 0. The molecule has 1 heterocycles. The predicted molar refractivity (Wildman–Crippen MR) is 41.2 cm³/mol. The topological polar surface area (TPSA) is 95.9 Å². The zero-order valence-corrected chi connectivity index (χ0v) is 6.92. The molecule has 12 heavy (non-hydrogen) atoms. The zero-order chi connectivity index (χ0) is 9.30. The Hall–Kier alpha value is -0.200. The first-order chi connectivity index (χ1) is 5.57. The lowest BCUT2D eigenvalue weighted by atomic mass is 9.96. The lowest BCUT2D eigenvalue weighted by molar-refractivity contribution is -0.242. The van der Waals surface area contributed by atoms with Gasteiger partial charge in [0.25, 0.3) is 0 Å². The molecule has 72 valence electrons. The fraction of sp³-hybridized carbons (Fsp3) is 1.00. The van der Waals surface area contributed by atoms with Crippen LogP contribution in [0, 0.1) is 0 Å². The monoisotopic (exact) mass is 177 g/mol. The molecule has 5 heteroatoms. The molecule has 0 aliphatic carbocycles. The van der Waals surface area contributed by atoms with E-state index in [2.05, 4.69) is 0 Å². The van der Waals surface area contributed by atoms with Crippen LogP contribution in [0.4, 0.5) is 0 Å². The van der Waals surface area contributed by atoms with E-state index >= 15 is 0 Å². The van der Waals surface area contributed by atoms with Crippen LogP contribution in [-0.4, -0.2) is 46.0 Å². The summed E-state index contributed by atoms with van der Waals surface area (Å²) in [7, 11) is 0. The molecule has 0 spiro atoms. The molecule has 1 rings (SSSR count). The average molecular weight is 177 g/mol. The zero-order valence-electron chi connectivity index (χ0n) is 6.92. The Balaban J connectivity index is 2.63. The van der Waals surface area contributed by atoms with Crippen LogP contribution in [0.25, 0.3) is 0 Å². The molecule has 5 N–H and O–H groups in total. The third kappa shape index (κ3) is 1.60. The second-order valence-electron chi connectivity index (χ2n) is 3.03. The highest BCUT2D eigenvalue weighted by Gasteiger charge is 2.40. The summed E-state index contributed by atoms with van der Waals surface area (Å²) in [6, 6.07) is -0.928. The molecule has 0 radical (unpaired) electrons. The second kappa shape index (κ2) is 3.68. The Kier molecular flexibility index (Phi) is 3.03. The molecule has 5 nitrogen and oxygen atoms in total. The van der Waals surface area contributed by atoms with Gasteiger partial charge in [-0.1, -0.05) is 6.92 Å². The van der Waals surface area contributed by atoms with Crippen molar-refractivity contribution >= 4 is 0 Å². The molecule has 1 aliphatic heterocycles.